The van der Waals surface area contributed by atoms with E-state index >= 15 is 0 Å². The summed E-state index contributed by atoms with van der Waals surface area (Å²) in [5.74, 6) is -0.397. The zero-order valence-electron chi connectivity index (χ0n) is 15.9. The number of benzene rings is 3. The van der Waals surface area contributed by atoms with Gasteiger partial charge in [-0.25, -0.2) is 10.2 Å². The van der Waals surface area contributed by atoms with Gasteiger partial charge >= 0.3 is 5.97 Å². The van der Waals surface area contributed by atoms with Gasteiger partial charge in [-0.2, -0.15) is 5.10 Å². The smallest absolute Gasteiger partial charge is 0.344 e. The van der Waals surface area contributed by atoms with Crippen LogP contribution in [0.3, 0.4) is 0 Å². The first kappa shape index (κ1) is 19.0. The average Bonchev–Trinajstić information content (AvgIpc) is 2.80. The third-order valence-corrected chi connectivity index (χ3v) is 4.38. The average molecular weight is 395 g/mol. The fourth-order valence-corrected chi connectivity index (χ4v) is 2.91. The van der Waals surface area contributed by atoms with Crippen molar-refractivity contribution < 1.29 is 14.3 Å². The lowest BCUT2D eigenvalue weighted by molar-refractivity contribution is 0.0736. The Morgan fingerprint density at radius 3 is 2.43 bits per heavy atom. The van der Waals surface area contributed by atoms with Crippen molar-refractivity contribution in [2.45, 2.75) is 0 Å². The van der Waals surface area contributed by atoms with Gasteiger partial charge in [0.15, 0.2) is 0 Å². The van der Waals surface area contributed by atoms with Gasteiger partial charge in [0.05, 0.1) is 11.8 Å². The van der Waals surface area contributed by atoms with Crippen LogP contribution in [-0.4, -0.2) is 23.1 Å². The molecule has 4 aromatic rings. The summed E-state index contributed by atoms with van der Waals surface area (Å²) in [5, 5.41) is 5.74. The Kier molecular flexibility index (Phi) is 5.57. The molecule has 3 aromatic carbocycles. The number of esters is 1. The number of hydrogen-bond donors (Lipinski definition) is 1. The molecule has 0 aliphatic carbocycles. The summed E-state index contributed by atoms with van der Waals surface area (Å²) in [6, 6.07) is 25.1. The Hall–Kier alpha value is -4.32. The Morgan fingerprint density at radius 1 is 0.867 bits per heavy atom. The third-order valence-electron chi connectivity index (χ3n) is 4.38. The van der Waals surface area contributed by atoms with Crippen LogP contribution in [0.4, 0.5) is 0 Å². The van der Waals surface area contributed by atoms with Crippen LogP contribution in [0, 0.1) is 0 Å². The third kappa shape index (κ3) is 4.39. The largest absolute Gasteiger partial charge is 0.423 e. The number of nitrogens with zero attached hydrogens (tertiary/aromatic N) is 2. The lowest BCUT2D eigenvalue weighted by atomic mass is 10.0. The Morgan fingerprint density at radius 2 is 1.63 bits per heavy atom. The van der Waals surface area contributed by atoms with Gasteiger partial charge in [-0.1, -0.05) is 42.5 Å². The van der Waals surface area contributed by atoms with E-state index in [0.717, 1.165) is 16.3 Å². The Bertz CT molecular complexity index is 1210. The van der Waals surface area contributed by atoms with Crippen molar-refractivity contribution in [3.63, 3.8) is 0 Å². The molecule has 30 heavy (non-hydrogen) atoms. The lowest BCUT2D eigenvalue weighted by Gasteiger charge is -2.07. The summed E-state index contributed by atoms with van der Waals surface area (Å²) in [6.45, 7) is 0. The quantitative estimate of drug-likeness (QED) is 0.237. The highest BCUT2D eigenvalue weighted by molar-refractivity contribution is 6.05. The van der Waals surface area contributed by atoms with Crippen LogP contribution < -0.4 is 10.2 Å². The molecule has 4 rings (SSSR count). The molecule has 0 saturated heterocycles. The number of amides is 1. The number of hydrogen-bond acceptors (Lipinski definition) is 5. The molecule has 0 spiro atoms. The number of carbonyl (C=O) groups excluding carboxylic acids is 2. The van der Waals surface area contributed by atoms with E-state index in [1.807, 2.05) is 36.4 Å². The zero-order valence-corrected chi connectivity index (χ0v) is 15.9. The molecule has 0 unspecified atom stereocenters. The number of fused-ring (bicyclic) bond motifs is 1. The number of hydrazone groups is 1. The standard InChI is InChI=1S/C24H17N3O3/c28-23(22-10-3-4-15-25-22)27-26-16-17-11-13-19(14-12-17)30-24(29)21-9-5-7-18-6-1-2-8-20(18)21/h1-16H,(H,27,28)/b26-16-. The molecule has 1 N–H and O–H groups in total. The molecule has 6 nitrogen and oxygen atoms in total. The SMILES string of the molecule is O=C(N/N=C\c1ccc(OC(=O)c2cccc3ccccc23)cc1)c1ccccn1. The molecular weight excluding hydrogens is 378 g/mol. The van der Waals surface area contributed by atoms with E-state index in [1.54, 1.807) is 48.5 Å². The maximum absolute atomic E-state index is 12.6. The first-order valence-electron chi connectivity index (χ1n) is 9.25. The molecule has 0 radical (unpaired) electrons. The predicted octanol–water partition coefficient (Wildman–Crippen LogP) is 4.22. The van der Waals surface area contributed by atoms with E-state index in [9.17, 15) is 9.59 Å². The number of pyridine rings is 1. The van der Waals surface area contributed by atoms with Crippen LogP contribution in [-0.2, 0) is 0 Å². The second kappa shape index (κ2) is 8.79. The fourth-order valence-electron chi connectivity index (χ4n) is 2.91. The van der Waals surface area contributed by atoms with E-state index in [4.69, 9.17) is 4.74 Å². The Balaban J connectivity index is 1.40. The van der Waals surface area contributed by atoms with Crippen molar-refractivity contribution in [1.82, 2.24) is 10.4 Å². The van der Waals surface area contributed by atoms with Crippen LogP contribution >= 0.6 is 0 Å². The van der Waals surface area contributed by atoms with Crippen molar-refractivity contribution >= 4 is 28.9 Å². The molecule has 0 fully saturated rings. The van der Waals surface area contributed by atoms with Crippen molar-refractivity contribution in [2.75, 3.05) is 0 Å². The molecule has 0 aliphatic heterocycles. The van der Waals surface area contributed by atoms with Crippen LogP contribution in [0.2, 0.25) is 0 Å². The first-order valence-corrected chi connectivity index (χ1v) is 9.25. The molecule has 1 amide bonds. The summed E-state index contributed by atoms with van der Waals surface area (Å²) in [5.41, 5.74) is 3.95. The second-order valence-electron chi connectivity index (χ2n) is 6.40. The molecular formula is C24H17N3O3. The van der Waals surface area contributed by atoms with Gasteiger partial charge in [0, 0.05) is 6.20 Å². The van der Waals surface area contributed by atoms with Crippen LogP contribution in [0.1, 0.15) is 26.4 Å². The normalized spacial score (nSPS) is 10.8. The van der Waals surface area contributed by atoms with Crippen LogP contribution in [0.15, 0.2) is 96.2 Å². The highest BCUT2D eigenvalue weighted by atomic mass is 16.5. The van der Waals surface area contributed by atoms with Gasteiger partial charge in [0.2, 0.25) is 0 Å². The summed E-state index contributed by atoms with van der Waals surface area (Å²) in [6.07, 6.45) is 3.04. The maximum atomic E-state index is 12.6. The summed E-state index contributed by atoms with van der Waals surface area (Å²) < 4.78 is 5.50. The minimum atomic E-state index is -0.421. The van der Waals surface area contributed by atoms with Gasteiger partial charge in [-0.3, -0.25) is 9.78 Å². The molecule has 0 aliphatic rings. The first-order chi connectivity index (χ1) is 14.7. The molecule has 0 saturated carbocycles. The summed E-state index contributed by atoms with van der Waals surface area (Å²) in [7, 11) is 0. The highest BCUT2D eigenvalue weighted by Gasteiger charge is 2.12. The molecule has 1 aromatic heterocycles. The maximum Gasteiger partial charge on any atom is 0.344 e. The fraction of sp³-hybridized carbons (Fsp3) is 0. The minimum absolute atomic E-state index is 0.283. The predicted molar refractivity (Wildman–Crippen MR) is 115 cm³/mol. The van der Waals surface area contributed by atoms with Crippen LogP contribution in [0.25, 0.3) is 10.8 Å². The highest BCUT2D eigenvalue weighted by Crippen LogP contribution is 2.21. The lowest BCUT2D eigenvalue weighted by Crippen LogP contribution is -2.18. The molecule has 146 valence electrons. The van der Waals surface area contributed by atoms with Crippen LogP contribution in [0.5, 0.6) is 5.75 Å². The van der Waals surface area contributed by atoms with E-state index in [2.05, 4.69) is 15.5 Å². The number of ether oxygens (including phenoxy) is 1. The number of rotatable bonds is 5. The van der Waals surface area contributed by atoms with E-state index < -0.39 is 11.9 Å². The second-order valence-corrected chi connectivity index (χ2v) is 6.40. The molecule has 1 heterocycles. The topological polar surface area (TPSA) is 80.6 Å². The monoisotopic (exact) mass is 395 g/mol. The van der Waals surface area contributed by atoms with E-state index in [0.29, 0.717) is 11.3 Å². The minimum Gasteiger partial charge on any atom is -0.423 e. The van der Waals surface area contributed by atoms with Crippen molar-refractivity contribution in [3.05, 3.63) is 108 Å². The summed E-state index contributed by atoms with van der Waals surface area (Å²) in [4.78, 5) is 28.4. The molecule has 6 heteroatoms. The van der Waals surface area contributed by atoms with Gasteiger partial charge < -0.3 is 4.74 Å². The Labute approximate surface area is 172 Å². The van der Waals surface area contributed by atoms with Gasteiger partial charge in [0.1, 0.15) is 11.4 Å². The van der Waals surface area contributed by atoms with E-state index in [-0.39, 0.29) is 5.69 Å². The van der Waals surface area contributed by atoms with E-state index in [1.165, 1.54) is 12.4 Å². The summed E-state index contributed by atoms with van der Waals surface area (Å²) >= 11 is 0. The zero-order chi connectivity index (χ0) is 20.8. The molecule has 0 bridgehead atoms. The molecule has 0 atom stereocenters. The number of aromatic nitrogens is 1. The van der Waals surface area contributed by atoms with Gasteiger partial charge in [0.25, 0.3) is 5.91 Å². The van der Waals surface area contributed by atoms with Crippen molar-refractivity contribution in [2.24, 2.45) is 5.10 Å². The van der Waals surface area contributed by atoms with Crippen molar-refractivity contribution in [1.29, 1.82) is 0 Å². The van der Waals surface area contributed by atoms with Gasteiger partial charge in [-0.05, 0) is 58.8 Å². The number of carbonyl (C=O) groups is 2. The van der Waals surface area contributed by atoms with Crippen molar-refractivity contribution in [3.8, 4) is 5.75 Å². The number of nitrogens with one attached hydrogen (secondary N) is 1. The van der Waals surface area contributed by atoms with Gasteiger partial charge in [-0.15, -0.1) is 0 Å².